The third kappa shape index (κ3) is 3.82. The number of pyridine rings is 1. The Morgan fingerprint density at radius 3 is 2.56 bits per heavy atom. The van der Waals surface area contributed by atoms with Crippen molar-refractivity contribution in [2.24, 2.45) is 0 Å². The second-order valence-corrected chi connectivity index (χ2v) is 8.93. The molecular weight excluding hydrogens is 398 g/mol. The molecule has 2 aliphatic heterocycles. The minimum atomic E-state index is -0.00681. The van der Waals surface area contributed by atoms with E-state index < -0.39 is 0 Å². The van der Waals surface area contributed by atoms with Crippen LogP contribution in [0.15, 0.2) is 54.7 Å². The number of likely N-dealkylation sites (N-methyl/N-ethyl adjacent to an activating group) is 1. The van der Waals surface area contributed by atoms with Crippen molar-refractivity contribution in [3.63, 3.8) is 0 Å². The number of fused-ring (bicyclic) bond motifs is 1. The molecule has 6 heteroatoms. The summed E-state index contributed by atoms with van der Waals surface area (Å²) in [6, 6.07) is 17.3. The van der Waals surface area contributed by atoms with Gasteiger partial charge in [0.05, 0.1) is 0 Å². The number of benzene rings is 2. The standard InChI is InChI=1S/C26H29N5O/c1-30(2)22-10-12-31(16-22)21-6-3-17(4-7-21)20-14-24(25(27)29-15-20)18-5-8-23-19(13-18)9-11-28-26(23)32/h3-8,13-15,22H,9-12,16H2,1-2H3,(H2,27,29)(H,28,32)/t22-/m0/s1. The first-order valence-corrected chi connectivity index (χ1v) is 11.2. The van der Waals surface area contributed by atoms with E-state index in [2.05, 4.69) is 70.6 Å². The number of carbonyl (C=O) groups excluding carboxylic acids is 1. The number of nitrogens with one attached hydrogen (secondary N) is 1. The van der Waals surface area contributed by atoms with Crippen LogP contribution in [0.1, 0.15) is 22.3 Å². The Kier molecular flexibility index (Phi) is 5.31. The van der Waals surface area contributed by atoms with Crippen molar-refractivity contribution in [2.45, 2.75) is 18.9 Å². The van der Waals surface area contributed by atoms with Crippen molar-refractivity contribution in [2.75, 3.05) is 44.4 Å². The molecular formula is C26H29N5O. The number of rotatable bonds is 4. The van der Waals surface area contributed by atoms with Gasteiger partial charge >= 0.3 is 0 Å². The van der Waals surface area contributed by atoms with Gasteiger partial charge in [0.25, 0.3) is 5.91 Å². The largest absolute Gasteiger partial charge is 0.383 e. The van der Waals surface area contributed by atoms with Crippen molar-refractivity contribution in [3.05, 3.63) is 65.9 Å². The molecule has 6 nitrogen and oxygen atoms in total. The summed E-state index contributed by atoms with van der Waals surface area (Å²) in [7, 11) is 4.31. The van der Waals surface area contributed by atoms with Crippen LogP contribution < -0.4 is 16.0 Å². The van der Waals surface area contributed by atoms with Crippen molar-refractivity contribution in [1.82, 2.24) is 15.2 Å². The summed E-state index contributed by atoms with van der Waals surface area (Å²) in [6.07, 6.45) is 3.86. The number of hydrogen-bond acceptors (Lipinski definition) is 5. The van der Waals surface area contributed by atoms with E-state index in [1.807, 2.05) is 18.3 Å². The fraction of sp³-hybridized carbons (Fsp3) is 0.308. The van der Waals surface area contributed by atoms with Crippen molar-refractivity contribution in [3.8, 4) is 22.3 Å². The van der Waals surface area contributed by atoms with Gasteiger partial charge in [0.2, 0.25) is 0 Å². The van der Waals surface area contributed by atoms with E-state index in [1.165, 1.54) is 12.1 Å². The van der Waals surface area contributed by atoms with Crippen LogP contribution in [0.25, 0.3) is 22.3 Å². The minimum absolute atomic E-state index is 0.00681. The maximum Gasteiger partial charge on any atom is 0.251 e. The maximum atomic E-state index is 12.1. The molecule has 0 radical (unpaired) electrons. The highest BCUT2D eigenvalue weighted by Gasteiger charge is 2.24. The normalized spacial score (nSPS) is 18.0. The topological polar surface area (TPSA) is 74.5 Å². The SMILES string of the molecule is CN(C)[C@H]1CCN(c2ccc(-c3cnc(N)c(-c4ccc5c(c4)CCNC5=O)c3)cc2)C1. The molecule has 3 aromatic rings. The quantitative estimate of drug-likeness (QED) is 0.667. The third-order valence-corrected chi connectivity index (χ3v) is 6.72. The second kappa shape index (κ2) is 8.28. The molecule has 164 valence electrons. The molecule has 0 unspecified atom stereocenters. The number of aromatic nitrogens is 1. The first-order valence-electron chi connectivity index (χ1n) is 11.2. The van der Waals surface area contributed by atoms with E-state index in [9.17, 15) is 4.79 Å². The van der Waals surface area contributed by atoms with Crippen LogP contribution in [0.3, 0.4) is 0 Å². The van der Waals surface area contributed by atoms with E-state index in [4.69, 9.17) is 5.73 Å². The lowest BCUT2D eigenvalue weighted by molar-refractivity contribution is 0.0946. The molecule has 3 N–H and O–H groups in total. The van der Waals surface area contributed by atoms with Crippen LogP contribution >= 0.6 is 0 Å². The highest BCUT2D eigenvalue weighted by atomic mass is 16.1. The monoisotopic (exact) mass is 427 g/mol. The van der Waals surface area contributed by atoms with Gasteiger partial charge in [0, 0.05) is 54.3 Å². The zero-order valence-corrected chi connectivity index (χ0v) is 18.6. The van der Waals surface area contributed by atoms with E-state index in [0.29, 0.717) is 18.4 Å². The lowest BCUT2D eigenvalue weighted by Crippen LogP contribution is -2.31. The predicted molar refractivity (Wildman–Crippen MR) is 130 cm³/mol. The molecule has 1 atom stereocenters. The first-order chi connectivity index (χ1) is 15.5. The minimum Gasteiger partial charge on any atom is -0.383 e. The Morgan fingerprint density at radius 2 is 1.81 bits per heavy atom. The Balaban J connectivity index is 1.41. The number of anilines is 2. The molecule has 0 bridgehead atoms. The van der Waals surface area contributed by atoms with Gasteiger partial charge in [-0.1, -0.05) is 24.3 Å². The van der Waals surface area contributed by atoms with Gasteiger partial charge in [-0.25, -0.2) is 4.98 Å². The van der Waals surface area contributed by atoms with Crippen molar-refractivity contribution in [1.29, 1.82) is 0 Å². The average Bonchev–Trinajstić information content (AvgIpc) is 3.30. The molecule has 1 saturated heterocycles. The molecule has 2 aromatic carbocycles. The molecule has 1 aromatic heterocycles. The molecule has 3 heterocycles. The van der Waals surface area contributed by atoms with Gasteiger partial charge < -0.3 is 20.9 Å². The molecule has 1 amide bonds. The molecule has 1 fully saturated rings. The molecule has 0 saturated carbocycles. The lowest BCUT2D eigenvalue weighted by Gasteiger charge is -2.22. The first kappa shape index (κ1) is 20.5. The number of nitrogens with two attached hydrogens (primary N) is 1. The van der Waals surface area contributed by atoms with Crippen LogP contribution in [0.5, 0.6) is 0 Å². The summed E-state index contributed by atoms with van der Waals surface area (Å²) in [5.41, 5.74) is 13.3. The average molecular weight is 428 g/mol. The van der Waals surface area contributed by atoms with E-state index >= 15 is 0 Å². The fourth-order valence-corrected chi connectivity index (χ4v) is 4.72. The highest BCUT2D eigenvalue weighted by molar-refractivity contribution is 5.97. The maximum absolute atomic E-state index is 12.1. The number of amides is 1. The number of hydrogen-bond donors (Lipinski definition) is 2. The van der Waals surface area contributed by atoms with E-state index in [-0.39, 0.29) is 5.91 Å². The van der Waals surface area contributed by atoms with Gasteiger partial charge in [0.1, 0.15) is 5.82 Å². The van der Waals surface area contributed by atoms with Crippen LogP contribution in [-0.2, 0) is 6.42 Å². The fourth-order valence-electron chi connectivity index (χ4n) is 4.72. The van der Waals surface area contributed by atoms with Gasteiger partial charge in [-0.2, -0.15) is 0 Å². The van der Waals surface area contributed by atoms with Crippen molar-refractivity contribution < 1.29 is 4.79 Å². The highest BCUT2D eigenvalue weighted by Crippen LogP contribution is 2.32. The molecule has 32 heavy (non-hydrogen) atoms. The van der Waals surface area contributed by atoms with Gasteiger partial charge in [-0.3, -0.25) is 4.79 Å². The Labute approximate surface area is 189 Å². The lowest BCUT2D eigenvalue weighted by atomic mass is 9.94. The molecule has 0 aliphatic carbocycles. The van der Waals surface area contributed by atoms with Crippen LogP contribution in [0.2, 0.25) is 0 Å². The summed E-state index contributed by atoms with van der Waals surface area (Å²) in [6.45, 7) is 2.82. The van der Waals surface area contributed by atoms with E-state index in [1.54, 1.807) is 0 Å². The summed E-state index contributed by atoms with van der Waals surface area (Å²) >= 11 is 0. The van der Waals surface area contributed by atoms with Gasteiger partial charge in [0.15, 0.2) is 0 Å². The van der Waals surface area contributed by atoms with Crippen LogP contribution in [0, 0.1) is 0 Å². The third-order valence-electron chi connectivity index (χ3n) is 6.72. The number of nitrogens with zero attached hydrogens (tertiary/aromatic N) is 3. The summed E-state index contributed by atoms with van der Waals surface area (Å²) in [5, 5.41) is 2.89. The molecule has 0 spiro atoms. The number of nitrogen functional groups attached to an aromatic ring is 1. The Bertz CT molecular complexity index is 1160. The zero-order valence-electron chi connectivity index (χ0n) is 18.6. The summed E-state index contributed by atoms with van der Waals surface area (Å²) in [4.78, 5) is 21.3. The summed E-state index contributed by atoms with van der Waals surface area (Å²) in [5.74, 6) is 0.491. The predicted octanol–water partition coefficient (Wildman–Crippen LogP) is 3.42. The van der Waals surface area contributed by atoms with Gasteiger partial charge in [-0.15, -0.1) is 0 Å². The summed E-state index contributed by atoms with van der Waals surface area (Å²) < 4.78 is 0. The second-order valence-electron chi connectivity index (χ2n) is 8.93. The Hall–Kier alpha value is -3.38. The molecule has 2 aliphatic rings. The van der Waals surface area contributed by atoms with Crippen molar-refractivity contribution >= 4 is 17.4 Å². The van der Waals surface area contributed by atoms with E-state index in [0.717, 1.165) is 52.9 Å². The smallest absolute Gasteiger partial charge is 0.251 e. The van der Waals surface area contributed by atoms with Crippen LogP contribution in [-0.4, -0.2) is 55.6 Å². The zero-order chi connectivity index (χ0) is 22.2. The van der Waals surface area contributed by atoms with Crippen LogP contribution in [0.4, 0.5) is 11.5 Å². The Morgan fingerprint density at radius 1 is 1.03 bits per heavy atom. The van der Waals surface area contributed by atoms with Gasteiger partial charge in [-0.05, 0) is 67.9 Å². The molecule has 5 rings (SSSR count). The number of carbonyl (C=O) groups is 1.